The molecular formula is C13H28N2. The van der Waals surface area contributed by atoms with Crippen molar-refractivity contribution < 1.29 is 0 Å². The molecule has 0 aromatic heterocycles. The van der Waals surface area contributed by atoms with Crippen LogP contribution in [0, 0.1) is 5.92 Å². The SMILES string of the molecule is CCNC1CCCC(N(C)CC(C)C)C1. The highest BCUT2D eigenvalue weighted by Crippen LogP contribution is 2.22. The molecule has 0 spiro atoms. The monoisotopic (exact) mass is 212 g/mol. The molecular weight excluding hydrogens is 184 g/mol. The van der Waals surface area contributed by atoms with Crippen LogP contribution in [0.4, 0.5) is 0 Å². The maximum atomic E-state index is 3.60. The second-order valence-electron chi connectivity index (χ2n) is 5.41. The third-order valence-electron chi connectivity index (χ3n) is 3.42. The standard InChI is InChI=1S/C13H28N2/c1-5-14-12-7-6-8-13(9-12)15(4)10-11(2)3/h11-14H,5-10H2,1-4H3. The van der Waals surface area contributed by atoms with Crippen molar-refractivity contribution in [1.82, 2.24) is 10.2 Å². The van der Waals surface area contributed by atoms with Crippen molar-refractivity contribution in [3.8, 4) is 0 Å². The maximum Gasteiger partial charge on any atom is 0.0107 e. The maximum absolute atomic E-state index is 3.60. The lowest BCUT2D eigenvalue weighted by Gasteiger charge is -2.36. The Labute approximate surface area is 95.4 Å². The third kappa shape index (κ3) is 4.52. The molecule has 0 saturated heterocycles. The zero-order valence-corrected chi connectivity index (χ0v) is 10.9. The van der Waals surface area contributed by atoms with Gasteiger partial charge in [-0.25, -0.2) is 0 Å². The Kier molecular flexibility index (Phi) is 5.62. The van der Waals surface area contributed by atoms with Gasteiger partial charge in [0.15, 0.2) is 0 Å². The minimum atomic E-state index is 0.767. The van der Waals surface area contributed by atoms with E-state index in [0.29, 0.717) is 0 Å². The van der Waals surface area contributed by atoms with Gasteiger partial charge in [-0.1, -0.05) is 27.2 Å². The quantitative estimate of drug-likeness (QED) is 0.753. The van der Waals surface area contributed by atoms with E-state index < -0.39 is 0 Å². The van der Waals surface area contributed by atoms with E-state index in [1.165, 1.54) is 32.2 Å². The van der Waals surface area contributed by atoms with Crippen LogP contribution >= 0.6 is 0 Å². The van der Waals surface area contributed by atoms with Gasteiger partial charge in [0, 0.05) is 18.6 Å². The van der Waals surface area contributed by atoms with Crippen LogP contribution in [-0.2, 0) is 0 Å². The van der Waals surface area contributed by atoms with Gasteiger partial charge in [-0.15, -0.1) is 0 Å². The van der Waals surface area contributed by atoms with E-state index in [-0.39, 0.29) is 0 Å². The molecule has 0 heterocycles. The van der Waals surface area contributed by atoms with Crippen molar-refractivity contribution in [3.05, 3.63) is 0 Å². The Morgan fingerprint density at radius 1 is 1.33 bits per heavy atom. The molecule has 0 radical (unpaired) electrons. The van der Waals surface area contributed by atoms with Gasteiger partial charge in [0.25, 0.3) is 0 Å². The Hall–Kier alpha value is -0.0800. The predicted octanol–water partition coefficient (Wildman–Crippen LogP) is 2.49. The van der Waals surface area contributed by atoms with Gasteiger partial charge < -0.3 is 10.2 Å². The lowest BCUT2D eigenvalue weighted by atomic mass is 9.90. The molecule has 15 heavy (non-hydrogen) atoms. The van der Waals surface area contributed by atoms with E-state index in [1.54, 1.807) is 0 Å². The Morgan fingerprint density at radius 2 is 2.07 bits per heavy atom. The van der Waals surface area contributed by atoms with Gasteiger partial charge in [0.2, 0.25) is 0 Å². The van der Waals surface area contributed by atoms with Crippen LogP contribution in [0.3, 0.4) is 0 Å². The Balaban J connectivity index is 2.34. The molecule has 1 saturated carbocycles. The molecule has 0 bridgehead atoms. The van der Waals surface area contributed by atoms with E-state index in [9.17, 15) is 0 Å². The minimum absolute atomic E-state index is 0.767. The molecule has 1 aliphatic rings. The summed E-state index contributed by atoms with van der Waals surface area (Å²) in [4.78, 5) is 2.56. The topological polar surface area (TPSA) is 15.3 Å². The van der Waals surface area contributed by atoms with E-state index in [4.69, 9.17) is 0 Å². The van der Waals surface area contributed by atoms with Gasteiger partial charge in [-0.3, -0.25) is 0 Å². The zero-order valence-electron chi connectivity index (χ0n) is 10.9. The van der Waals surface area contributed by atoms with Crippen molar-refractivity contribution in [2.24, 2.45) is 5.92 Å². The molecule has 0 amide bonds. The highest BCUT2D eigenvalue weighted by Gasteiger charge is 2.24. The summed E-state index contributed by atoms with van der Waals surface area (Å²) in [6, 6.07) is 1.58. The van der Waals surface area contributed by atoms with Crippen LogP contribution in [0.2, 0.25) is 0 Å². The average molecular weight is 212 g/mol. The highest BCUT2D eigenvalue weighted by atomic mass is 15.1. The molecule has 0 aliphatic heterocycles. The lowest BCUT2D eigenvalue weighted by molar-refractivity contribution is 0.155. The summed E-state index contributed by atoms with van der Waals surface area (Å²) in [6.45, 7) is 9.18. The molecule has 0 aromatic rings. The summed E-state index contributed by atoms with van der Waals surface area (Å²) < 4.78 is 0. The molecule has 1 fully saturated rings. The largest absolute Gasteiger partial charge is 0.314 e. The summed E-state index contributed by atoms with van der Waals surface area (Å²) in [7, 11) is 2.29. The molecule has 90 valence electrons. The molecule has 1 rings (SSSR count). The van der Waals surface area contributed by atoms with Gasteiger partial charge in [0.1, 0.15) is 0 Å². The Bertz CT molecular complexity index is 166. The zero-order chi connectivity index (χ0) is 11.3. The molecule has 2 heteroatoms. The Morgan fingerprint density at radius 3 is 2.67 bits per heavy atom. The van der Waals surface area contributed by atoms with Crippen LogP contribution in [0.25, 0.3) is 0 Å². The number of rotatable bonds is 5. The normalized spacial score (nSPS) is 27.6. The average Bonchev–Trinajstić information content (AvgIpc) is 2.17. The summed E-state index contributed by atoms with van der Waals surface area (Å²) in [6.07, 6.45) is 5.51. The van der Waals surface area contributed by atoms with Gasteiger partial charge in [0.05, 0.1) is 0 Å². The van der Waals surface area contributed by atoms with Crippen molar-refractivity contribution in [2.45, 2.75) is 58.5 Å². The van der Waals surface area contributed by atoms with Gasteiger partial charge >= 0.3 is 0 Å². The fourth-order valence-electron chi connectivity index (χ4n) is 2.76. The van der Waals surface area contributed by atoms with Crippen molar-refractivity contribution in [2.75, 3.05) is 20.1 Å². The second kappa shape index (κ2) is 6.49. The van der Waals surface area contributed by atoms with Crippen molar-refractivity contribution in [1.29, 1.82) is 0 Å². The number of hydrogen-bond acceptors (Lipinski definition) is 2. The lowest BCUT2D eigenvalue weighted by Crippen LogP contribution is -2.43. The summed E-state index contributed by atoms with van der Waals surface area (Å²) >= 11 is 0. The molecule has 2 nitrogen and oxygen atoms in total. The summed E-state index contributed by atoms with van der Waals surface area (Å²) in [5, 5.41) is 3.60. The van der Waals surface area contributed by atoms with Gasteiger partial charge in [-0.2, -0.15) is 0 Å². The number of nitrogens with zero attached hydrogens (tertiary/aromatic N) is 1. The van der Waals surface area contributed by atoms with Crippen molar-refractivity contribution >= 4 is 0 Å². The van der Waals surface area contributed by atoms with Crippen LogP contribution in [0.5, 0.6) is 0 Å². The second-order valence-corrected chi connectivity index (χ2v) is 5.41. The van der Waals surface area contributed by atoms with Crippen LogP contribution < -0.4 is 5.32 Å². The molecule has 1 aliphatic carbocycles. The summed E-state index contributed by atoms with van der Waals surface area (Å²) in [5.41, 5.74) is 0. The van der Waals surface area contributed by atoms with Crippen LogP contribution in [-0.4, -0.2) is 37.1 Å². The summed E-state index contributed by atoms with van der Waals surface area (Å²) in [5.74, 6) is 0.787. The number of nitrogens with one attached hydrogen (secondary N) is 1. The van der Waals surface area contributed by atoms with Crippen LogP contribution in [0.15, 0.2) is 0 Å². The molecule has 1 N–H and O–H groups in total. The third-order valence-corrected chi connectivity index (χ3v) is 3.42. The smallest absolute Gasteiger partial charge is 0.0107 e. The van der Waals surface area contributed by atoms with E-state index in [1.807, 2.05) is 0 Å². The first-order chi connectivity index (χ1) is 7.13. The van der Waals surface area contributed by atoms with E-state index >= 15 is 0 Å². The van der Waals surface area contributed by atoms with Crippen LogP contribution in [0.1, 0.15) is 46.5 Å². The predicted molar refractivity (Wildman–Crippen MR) is 67.2 cm³/mol. The van der Waals surface area contributed by atoms with Crippen molar-refractivity contribution in [3.63, 3.8) is 0 Å². The molecule has 2 atom stereocenters. The van der Waals surface area contributed by atoms with E-state index in [0.717, 1.165) is 24.5 Å². The highest BCUT2D eigenvalue weighted by molar-refractivity contribution is 4.82. The number of hydrogen-bond donors (Lipinski definition) is 1. The van der Waals surface area contributed by atoms with E-state index in [2.05, 4.69) is 38.0 Å². The first-order valence-electron chi connectivity index (χ1n) is 6.57. The first kappa shape index (κ1) is 13.0. The fourth-order valence-corrected chi connectivity index (χ4v) is 2.76. The van der Waals surface area contributed by atoms with Gasteiger partial charge in [-0.05, 0) is 38.8 Å². The minimum Gasteiger partial charge on any atom is -0.314 e. The fraction of sp³-hybridized carbons (Fsp3) is 1.00. The molecule has 2 unspecified atom stereocenters. The molecule has 0 aromatic carbocycles. The first-order valence-corrected chi connectivity index (χ1v) is 6.57.